The van der Waals surface area contributed by atoms with Gasteiger partial charge in [-0.2, -0.15) is 20.0 Å². The number of H-pyrrole nitrogens is 1. The molecule has 2 unspecified atom stereocenters. The van der Waals surface area contributed by atoms with Crippen LogP contribution in [0.25, 0.3) is 0 Å². The maximum atomic E-state index is 5.79. The van der Waals surface area contributed by atoms with Gasteiger partial charge in [-0.1, -0.05) is 206 Å². The summed E-state index contributed by atoms with van der Waals surface area (Å²) in [6, 6.07) is 0.347. The van der Waals surface area contributed by atoms with E-state index in [0.717, 1.165) is 93.7 Å². The fraction of sp³-hybridized carbons (Fsp3) is 0.833. The molecule has 5 rings (SSSR count). The van der Waals surface area contributed by atoms with Crippen molar-refractivity contribution in [1.29, 1.82) is 0 Å². The van der Waals surface area contributed by atoms with Crippen LogP contribution in [0.15, 0.2) is 27.7 Å². The van der Waals surface area contributed by atoms with Gasteiger partial charge in [0.05, 0.1) is 29.5 Å². The molecule has 1 aliphatic carbocycles. The van der Waals surface area contributed by atoms with Crippen LogP contribution in [0.1, 0.15) is 315 Å². The Bertz CT molecular complexity index is 1580. The van der Waals surface area contributed by atoms with Crippen molar-refractivity contribution in [2.24, 2.45) is 53.3 Å². The number of nitrogens with zero attached hydrogens (tertiary/aromatic N) is 7. The van der Waals surface area contributed by atoms with Gasteiger partial charge in [0.1, 0.15) is 5.76 Å². The highest BCUT2D eigenvalue weighted by Gasteiger charge is 2.38. The molecule has 410 valence electrons. The molecule has 0 aliphatic heterocycles. The number of oxazole rings is 1. The third kappa shape index (κ3) is 31.9. The topological polar surface area (TPSA) is 124 Å². The van der Waals surface area contributed by atoms with Crippen LogP contribution in [-0.4, -0.2) is 40.1 Å². The van der Waals surface area contributed by atoms with Gasteiger partial charge in [-0.3, -0.25) is 0 Å². The number of rotatable bonds is 11. The summed E-state index contributed by atoms with van der Waals surface area (Å²) < 4.78 is 10.8. The predicted molar refractivity (Wildman–Crippen MR) is 304 cm³/mol. The fourth-order valence-electron chi connectivity index (χ4n) is 6.99. The first-order chi connectivity index (χ1) is 32.1. The normalized spacial score (nSPS) is 15.5. The Morgan fingerprint density at radius 3 is 1.07 bits per heavy atom. The molecule has 4 heterocycles. The van der Waals surface area contributed by atoms with Crippen molar-refractivity contribution in [2.75, 3.05) is 0 Å². The van der Waals surface area contributed by atoms with E-state index < -0.39 is 0 Å². The van der Waals surface area contributed by atoms with Crippen molar-refractivity contribution < 1.29 is 8.94 Å². The van der Waals surface area contributed by atoms with Crippen LogP contribution in [0, 0.1) is 53.3 Å². The molecule has 0 saturated heterocycles. The zero-order valence-electron chi connectivity index (χ0n) is 51.9. The Hall–Kier alpha value is -3.30. The van der Waals surface area contributed by atoms with Crippen molar-refractivity contribution in [3.8, 4) is 0 Å². The second-order valence-corrected chi connectivity index (χ2v) is 25.0. The number of hydrogen-bond acceptors (Lipinski definition) is 8. The number of imidazole rings is 1. The first-order valence-corrected chi connectivity index (χ1v) is 27.8. The van der Waals surface area contributed by atoms with E-state index >= 15 is 0 Å². The molecule has 70 heavy (non-hydrogen) atoms. The minimum Gasteiger partial charge on any atom is -0.445 e. The van der Waals surface area contributed by atoms with Gasteiger partial charge in [-0.15, -0.1) is 0 Å². The minimum atomic E-state index is 0.329. The van der Waals surface area contributed by atoms with Gasteiger partial charge in [0.25, 0.3) is 0 Å². The molecule has 10 nitrogen and oxygen atoms in total. The molecule has 1 fully saturated rings. The lowest BCUT2D eigenvalue weighted by Crippen LogP contribution is -2.18. The molecule has 4 aromatic heterocycles. The van der Waals surface area contributed by atoms with Gasteiger partial charge in [-0.25, -0.2) is 9.97 Å². The highest BCUT2D eigenvalue weighted by Crippen LogP contribution is 2.46. The van der Waals surface area contributed by atoms with Crippen LogP contribution in [0.2, 0.25) is 0 Å². The lowest BCUT2D eigenvalue weighted by molar-refractivity contribution is 0.235. The van der Waals surface area contributed by atoms with Crippen molar-refractivity contribution in [3.05, 3.63) is 59.2 Å². The van der Waals surface area contributed by atoms with E-state index in [9.17, 15) is 0 Å². The Labute approximate surface area is 434 Å². The summed E-state index contributed by atoms with van der Waals surface area (Å²) in [6.45, 7) is 67.8. The molecule has 0 spiro atoms. The second kappa shape index (κ2) is 37.4. The van der Waals surface area contributed by atoms with Gasteiger partial charge in [-0.05, 0) is 97.7 Å². The Balaban J connectivity index is -0.000000770. The summed E-state index contributed by atoms with van der Waals surface area (Å²) >= 11 is 0. The van der Waals surface area contributed by atoms with Crippen molar-refractivity contribution >= 4 is 0 Å². The first-order valence-electron chi connectivity index (χ1n) is 27.8. The van der Waals surface area contributed by atoms with Gasteiger partial charge in [0.2, 0.25) is 5.89 Å². The third-order valence-electron chi connectivity index (χ3n) is 10.7. The van der Waals surface area contributed by atoms with Crippen molar-refractivity contribution in [1.82, 2.24) is 40.1 Å². The van der Waals surface area contributed by atoms with Gasteiger partial charge in [0, 0.05) is 36.1 Å². The van der Waals surface area contributed by atoms with Crippen LogP contribution < -0.4 is 0 Å². The molecule has 2 atom stereocenters. The molecule has 0 bridgehead atoms. The highest BCUT2D eigenvalue weighted by atomic mass is 16.5. The molecule has 4 aromatic rings. The smallest absolute Gasteiger partial charge is 0.229 e. The monoisotopic (exact) mass is 983 g/mol. The van der Waals surface area contributed by atoms with E-state index in [1.54, 1.807) is 18.7 Å². The molecule has 10 heteroatoms. The third-order valence-corrected chi connectivity index (χ3v) is 10.7. The molecular formula is C60H118N8O2. The summed E-state index contributed by atoms with van der Waals surface area (Å²) in [6.07, 6.45) is 8.05. The number of aromatic amines is 1. The van der Waals surface area contributed by atoms with Crippen LogP contribution >= 0.6 is 0 Å². The van der Waals surface area contributed by atoms with Crippen molar-refractivity contribution in [3.63, 3.8) is 0 Å². The highest BCUT2D eigenvalue weighted by molar-refractivity contribution is 5.18. The SMILES string of the molecule is CC(C)C.CC(C)C.CC(C)C.CC(C)C1CC(C(C)C)C(C(C)C)C1.CC(C)c1nc(C(C)C)c(C(C)C)o1.CC(C)c1nn(C(C)C)nc1C(C)C.CC(C)c1noc(C(C)C)n1.c1c[nH]cn1. The van der Waals surface area contributed by atoms with Gasteiger partial charge in [0.15, 0.2) is 11.7 Å². The lowest BCUT2D eigenvalue weighted by Gasteiger charge is -2.26. The van der Waals surface area contributed by atoms with Crippen LogP contribution in [-0.2, 0) is 0 Å². The molecule has 1 N–H and O–H groups in total. The summed E-state index contributed by atoms with van der Waals surface area (Å²) in [5.74, 6) is 14.4. The largest absolute Gasteiger partial charge is 0.445 e. The summed E-state index contributed by atoms with van der Waals surface area (Å²) in [7, 11) is 0. The predicted octanol–water partition coefficient (Wildman–Crippen LogP) is 19.5. The number of nitrogens with one attached hydrogen (secondary N) is 1. The van der Waals surface area contributed by atoms with E-state index in [2.05, 4.69) is 236 Å². The molecule has 1 saturated carbocycles. The maximum Gasteiger partial charge on any atom is 0.229 e. The van der Waals surface area contributed by atoms with E-state index in [1.807, 2.05) is 18.6 Å². The van der Waals surface area contributed by atoms with E-state index in [1.165, 1.54) is 12.8 Å². The van der Waals surface area contributed by atoms with Crippen LogP contribution in [0.3, 0.4) is 0 Å². The maximum absolute atomic E-state index is 5.79. The zero-order valence-corrected chi connectivity index (χ0v) is 51.9. The molecule has 1 aliphatic rings. The quantitative estimate of drug-likeness (QED) is 0.158. The summed E-state index contributed by atoms with van der Waals surface area (Å²) in [5.41, 5.74) is 3.42. The number of aromatic nitrogens is 8. The Morgan fingerprint density at radius 1 is 0.471 bits per heavy atom. The standard InChI is InChI=1S/C14H28.C12H21NO.C11H21N3.C8H14N2O.3C4H10.C3H4N2/c1-9(2)12-7-13(10(3)4)14(8-12)11(5)6;1-7(2)10-11(8(3)4)14-12(13-10)9(5)6;1-7(2)10-11(8(3)4)13-14(12-10)9(5)6;1-5(2)7-9-8(6(3)4)11-10-7;3*1-4(2)3;1-2-5-3-4-1/h9-14H,7-8H2,1-6H3;2*7-9H,1-6H3;5-6H,1-4H3;3*4H,1-3H3;1-3H,(H,4,5). The van der Waals surface area contributed by atoms with Gasteiger partial charge >= 0.3 is 0 Å². The molecule has 0 aromatic carbocycles. The minimum absolute atomic E-state index is 0.329. The summed E-state index contributed by atoms with van der Waals surface area (Å²) in [4.78, 5) is 17.0. The Morgan fingerprint density at radius 2 is 0.871 bits per heavy atom. The van der Waals surface area contributed by atoms with E-state index in [-0.39, 0.29) is 0 Å². The van der Waals surface area contributed by atoms with Crippen molar-refractivity contribution in [2.45, 2.75) is 275 Å². The zero-order chi connectivity index (χ0) is 55.3. The lowest BCUT2D eigenvalue weighted by atomic mass is 9.80. The summed E-state index contributed by atoms with van der Waals surface area (Å²) in [5, 5.41) is 12.9. The van der Waals surface area contributed by atoms with Gasteiger partial charge < -0.3 is 13.9 Å². The Kier molecular flexibility index (Phi) is 38.0. The number of hydrogen-bond donors (Lipinski definition) is 1. The first kappa shape index (κ1) is 71.0. The average Bonchev–Trinajstić information content (AvgIpc) is 4.07. The average molecular weight is 984 g/mol. The second-order valence-electron chi connectivity index (χ2n) is 25.0. The molecular weight excluding hydrogens is 865 g/mol. The van der Waals surface area contributed by atoms with E-state index in [4.69, 9.17) is 8.94 Å². The molecule has 0 amide bonds. The molecule has 0 radical (unpaired) electrons. The van der Waals surface area contributed by atoms with E-state index in [0.29, 0.717) is 47.5 Å². The van der Waals surface area contributed by atoms with Crippen LogP contribution in [0.4, 0.5) is 0 Å². The van der Waals surface area contributed by atoms with Crippen LogP contribution in [0.5, 0.6) is 0 Å². The fourth-order valence-corrected chi connectivity index (χ4v) is 6.99.